The number of aryl methyl sites for hydroxylation is 2. The van der Waals surface area contributed by atoms with E-state index in [4.69, 9.17) is 0 Å². The van der Waals surface area contributed by atoms with Crippen molar-refractivity contribution in [3.8, 4) is 0 Å². The first kappa shape index (κ1) is 12.1. The third-order valence-corrected chi connectivity index (χ3v) is 2.85. The van der Waals surface area contributed by atoms with Gasteiger partial charge in [0.25, 0.3) is 5.12 Å². The van der Waals surface area contributed by atoms with E-state index in [0.717, 1.165) is 5.56 Å². The maximum atomic E-state index is 12.0. The molecular formula is C10H9F3OS. The smallest absolute Gasteiger partial charge is 0.276 e. The molecule has 0 unspecified atom stereocenters. The van der Waals surface area contributed by atoms with Crippen LogP contribution in [0.2, 0.25) is 0 Å². The van der Waals surface area contributed by atoms with E-state index >= 15 is 0 Å². The topological polar surface area (TPSA) is 17.1 Å². The van der Waals surface area contributed by atoms with E-state index < -0.39 is 11.3 Å². The summed E-state index contributed by atoms with van der Waals surface area (Å²) in [6, 6.07) is 5.06. The number of rotatable bonds is 1. The predicted molar refractivity (Wildman–Crippen MR) is 52.8 cm³/mol. The first-order valence-electron chi connectivity index (χ1n) is 4.17. The second-order valence-electron chi connectivity index (χ2n) is 3.16. The Hall–Kier alpha value is -0.970. The van der Waals surface area contributed by atoms with Crippen LogP contribution < -0.4 is 0 Å². The summed E-state index contributed by atoms with van der Waals surface area (Å²) in [5.41, 5.74) is 1.50. The number of thioether (sulfide) groups is 1. The van der Waals surface area contributed by atoms with Crippen LogP contribution in [0, 0.1) is 13.8 Å². The van der Waals surface area contributed by atoms with Crippen molar-refractivity contribution in [2.45, 2.75) is 24.9 Å². The third-order valence-electron chi connectivity index (χ3n) is 1.78. The van der Waals surface area contributed by atoms with Gasteiger partial charge in [0.15, 0.2) is 0 Å². The van der Waals surface area contributed by atoms with E-state index in [0.29, 0.717) is 10.5 Å². The Morgan fingerprint density at radius 2 is 1.87 bits per heavy atom. The first-order chi connectivity index (χ1) is 6.80. The summed E-state index contributed by atoms with van der Waals surface area (Å²) < 4.78 is 36.0. The normalized spacial score (nSPS) is 11.5. The molecule has 1 aromatic rings. The van der Waals surface area contributed by atoms with Crippen LogP contribution in [0.15, 0.2) is 23.1 Å². The van der Waals surface area contributed by atoms with Gasteiger partial charge in [-0.15, -0.1) is 0 Å². The zero-order valence-electron chi connectivity index (χ0n) is 8.18. The summed E-state index contributed by atoms with van der Waals surface area (Å²) in [4.78, 5) is 11.1. The SMILES string of the molecule is Cc1ccc(C)c(SC(=O)C(F)(F)F)c1. The molecule has 1 aromatic carbocycles. The average Bonchev–Trinajstić information content (AvgIpc) is 2.09. The van der Waals surface area contributed by atoms with Gasteiger partial charge in [-0.1, -0.05) is 12.1 Å². The van der Waals surface area contributed by atoms with Crippen LogP contribution in [0.5, 0.6) is 0 Å². The van der Waals surface area contributed by atoms with Gasteiger partial charge >= 0.3 is 6.18 Å². The van der Waals surface area contributed by atoms with E-state index in [-0.39, 0.29) is 11.8 Å². The first-order valence-corrected chi connectivity index (χ1v) is 4.98. The molecule has 0 heterocycles. The fourth-order valence-corrected chi connectivity index (χ4v) is 1.76. The molecule has 15 heavy (non-hydrogen) atoms. The lowest BCUT2D eigenvalue weighted by atomic mass is 10.2. The lowest BCUT2D eigenvalue weighted by Crippen LogP contribution is -2.18. The Balaban J connectivity index is 2.90. The largest absolute Gasteiger partial charge is 0.461 e. The summed E-state index contributed by atoms with van der Waals surface area (Å²) in [5.74, 6) is 0. The maximum Gasteiger partial charge on any atom is 0.461 e. The number of benzene rings is 1. The summed E-state index contributed by atoms with van der Waals surface area (Å²) in [6.07, 6.45) is -4.78. The Labute approximate surface area is 89.7 Å². The van der Waals surface area contributed by atoms with Crippen LogP contribution >= 0.6 is 11.8 Å². The van der Waals surface area contributed by atoms with Crippen molar-refractivity contribution in [2.75, 3.05) is 0 Å². The Bertz CT molecular complexity index is 385. The zero-order chi connectivity index (χ0) is 11.6. The Kier molecular flexibility index (Phi) is 3.44. The summed E-state index contributed by atoms with van der Waals surface area (Å²) in [6.45, 7) is 3.44. The van der Waals surface area contributed by atoms with Crippen molar-refractivity contribution in [1.82, 2.24) is 0 Å². The van der Waals surface area contributed by atoms with Crippen LogP contribution in [0.25, 0.3) is 0 Å². The lowest BCUT2D eigenvalue weighted by molar-refractivity contribution is -0.160. The number of alkyl halides is 3. The monoisotopic (exact) mass is 234 g/mol. The third kappa shape index (κ3) is 3.27. The lowest BCUT2D eigenvalue weighted by Gasteiger charge is -2.07. The molecule has 0 spiro atoms. The van der Waals surface area contributed by atoms with Gasteiger partial charge in [-0.25, -0.2) is 0 Å². The van der Waals surface area contributed by atoms with Crippen molar-refractivity contribution in [2.24, 2.45) is 0 Å². The zero-order valence-corrected chi connectivity index (χ0v) is 9.00. The summed E-state index contributed by atoms with van der Waals surface area (Å²) in [7, 11) is 0. The van der Waals surface area contributed by atoms with E-state index in [2.05, 4.69) is 0 Å². The van der Waals surface area contributed by atoms with Crippen molar-refractivity contribution >= 4 is 16.9 Å². The Morgan fingerprint density at radius 1 is 1.27 bits per heavy atom. The molecule has 0 saturated carbocycles. The fraction of sp³-hybridized carbons (Fsp3) is 0.300. The van der Waals surface area contributed by atoms with Crippen LogP contribution in [0.4, 0.5) is 13.2 Å². The van der Waals surface area contributed by atoms with Crippen LogP contribution in [-0.4, -0.2) is 11.3 Å². The standard InChI is InChI=1S/C10H9F3OS/c1-6-3-4-7(2)8(5-6)15-9(14)10(11,12)13/h3-5H,1-2H3. The van der Waals surface area contributed by atoms with Crippen LogP contribution in [0.3, 0.4) is 0 Å². The van der Waals surface area contributed by atoms with Gasteiger partial charge in [0, 0.05) is 4.90 Å². The predicted octanol–water partition coefficient (Wildman–Crippen LogP) is 3.48. The van der Waals surface area contributed by atoms with Crippen molar-refractivity contribution in [1.29, 1.82) is 0 Å². The highest BCUT2D eigenvalue weighted by atomic mass is 32.2. The van der Waals surface area contributed by atoms with Gasteiger partial charge in [0.2, 0.25) is 0 Å². The summed E-state index contributed by atoms with van der Waals surface area (Å²) in [5, 5.41) is -1.78. The van der Waals surface area contributed by atoms with Gasteiger partial charge in [-0.05, 0) is 42.8 Å². The molecule has 1 rings (SSSR count). The second-order valence-corrected chi connectivity index (χ2v) is 4.17. The molecule has 0 amide bonds. The summed E-state index contributed by atoms with van der Waals surface area (Å²) >= 11 is 0.227. The molecule has 0 fully saturated rings. The molecule has 82 valence electrons. The molecule has 0 aliphatic rings. The van der Waals surface area contributed by atoms with E-state index in [1.54, 1.807) is 32.0 Å². The average molecular weight is 234 g/mol. The van der Waals surface area contributed by atoms with Gasteiger partial charge in [-0.2, -0.15) is 13.2 Å². The minimum absolute atomic E-state index is 0.227. The van der Waals surface area contributed by atoms with Crippen molar-refractivity contribution < 1.29 is 18.0 Å². The molecule has 0 radical (unpaired) electrons. The maximum absolute atomic E-state index is 12.0. The quantitative estimate of drug-likeness (QED) is 0.692. The minimum atomic E-state index is -4.78. The highest BCUT2D eigenvalue weighted by Crippen LogP contribution is 2.31. The number of carbonyl (C=O) groups is 1. The highest BCUT2D eigenvalue weighted by molar-refractivity contribution is 8.13. The molecule has 5 heteroatoms. The molecule has 0 aliphatic heterocycles. The number of hydrogen-bond donors (Lipinski definition) is 0. The fourth-order valence-electron chi connectivity index (χ4n) is 0.975. The van der Waals surface area contributed by atoms with E-state index in [9.17, 15) is 18.0 Å². The number of halogens is 3. The van der Waals surface area contributed by atoms with Gasteiger partial charge < -0.3 is 0 Å². The van der Waals surface area contributed by atoms with E-state index in [1.165, 1.54) is 0 Å². The molecular weight excluding hydrogens is 225 g/mol. The molecule has 0 atom stereocenters. The molecule has 0 aliphatic carbocycles. The van der Waals surface area contributed by atoms with Crippen LogP contribution in [-0.2, 0) is 4.79 Å². The highest BCUT2D eigenvalue weighted by Gasteiger charge is 2.39. The van der Waals surface area contributed by atoms with E-state index in [1.807, 2.05) is 0 Å². The molecule has 0 bridgehead atoms. The Morgan fingerprint density at radius 3 is 2.40 bits per heavy atom. The van der Waals surface area contributed by atoms with Gasteiger partial charge in [0.05, 0.1) is 0 Å². The number of hydrogen-bond acceptors (Lipinski definition) is 2. The van der Waals surface area contributed by atoms with Crippen LogP contribution in [0.1, 0.15) is 11.1 Å². The van der Waals surface area contributed by atoms with Crippen molar-refractivity contribution in [3.63, 3.8) is 0 Å². The minimum Gasteiger partial charge on any atom is -0.276 e. The molecule has 0 aromatic heterocycles. The van der Waals surface area contributed by atoms with Crippen molar-refractivity contribution in [3.05, 3.63) is 29.3 Å². The second kappa shape index (κ2) is 4.26. The van der Waals surface area contributed by atoms with Gasteiger partial charge in [0.1, 0.15) is 0 Å². The molecule has 0 saturated heterocycles. The molecule has 0 N–H and O–H groups in total. The molecule has 1 nitrogen and oxygen atoms in total. The number of carbonyl (C=O) groups excluding carboxylic acids is 1. The van der Waals surface area contributed by atoms with Gasteiger partial charge in [-0.3, -0.25) is 4.79 Å².